The van der Waals surface area contributed by atoms with Crippen LogP contribution in [0.25, 0.3) is 16.5 Å². The van der Waals surface area contributed by atoms with E-state index in [1.807, 2.05) is 11.0 Å². The molecule has 2 N–H and O–H groups in total. The third-order valence-electron chi connectivity index (χ3n) is 6.84. The normalized spacial score (nSPS) is 18.9. The number of nitrogens with one attached hydrogen (secondary N) is 2. The maximum Gasteiger partial charge on any atom is 0.263 e. The van der Waals surface area contributed by atoms with Gasteiger partial charge < -0.3 is 9.88 Å². The third-order valence-corrected chi connectivity index (χ3v) is 8.24. The molecular weight excluding hydrogens is 460 g/mol. The largest absolute Gasteiger partial charge is 0.361 e. The molecule has 0 spiro atoms. The molecule has 0 aliphatic carbocycles. The minimum absolute atomic E-state index is 0.0556. The Bertz CT molecular complexity index is 1450. The Labute approximate surface area is 206 Å². The van der Waals surface area contributed by atoms with Crippen molar-refractivity contribution >= 4 is 38.2 Å². The van der Waals surface area contributed by atoms with Gasteiger partial charge in [-0.15, -0.1) is 0 Å². The van der Waals surface area contributed by atoms with E-state index in [1.54, 1.807) is 24.3 Å². The summed E-state index contributed by atoms with van der Waals surface area (Å²) in [4.78, 5) is 23.6. The lowest BCUT2D eigenvalue weighted by molar-refractivity contribution is -0.132. The number of aromatic nitrogens is 1. The molecular formula is C27H30N4O3S. The highest BCUT2D eigenvalue weighted by Gasteiger charge is 2.33. The summed E-state index contributed by atoms with van der Waals surface area (Å²) in [5, 5.41) is 1.23. The van der Waals surface area contributed by atoms with Gasteiger partial charge in [-0.05, 0) is 49.1 Å². The molecule has 3 aromatic rings. The highest BCUT2D eigenvalue weighted by Crippen LogP contribution is 2.32. The molecule has 35 heavy (non-hydrogen) atoms. The Kier molecular flexibility index (Phi) is 6.23. The number of amidine groups is 1. The maximum absolute atomic E-state index is 13.5. The number of carbonyl (C=O) groups is 1. The second kappa shape index (κ2) is 9.34. The van der Waals surface area contributed by atoms with Gasteiger partial charge in [0.05, 0.1) is 4.90 Å². The lowest BCUT2D eigenvalue weighted by Crippen LogP contribution is -2.41. The minimum atomic E-state index is -3.64. The molecule has 0 radical (unpaired) electrons. The van der Waals surface area contributed by atoms with Crippen LogP contribution in [0, 0.1) is 6.92 Å². The molecule has 1 atom stereocenters. The van der Waals surface area contributed by atoms with Crippen LogP contribution in [0.15, 0.2) is 64.6 Å². The van der Waals surface area contributed by atoms with Gasteiger partial charge in [-0.25, -0.2) is 8.42 Å². The molecule has 0 fully saturated rings. The van der Waals surface area contributed by atoms with Crippen LogP contribution in [0.1, 0.15) is 49.3 Å². The number of fused-ring (bicyclic) bond motifs is 2. The number of aryl methyl sites for hydroxylation is 1. The number of carbonyl (C=O) groups excluding carboxylic acids is 1. The molecule has 182 valence electrons. The topological polar surface area (TPSA) is 94.6 Å². The Morgan fingerprint density at radius 3 is 2.74 bits per heavy atom. The van der Waals surface area contributed by atoms with E-state index in [-0.39, 0.29) is 16.6 Å². The van der Waals surface area contributed by atoms with E-state index < -0.39 is 16.1 Å². The van der Waals surface area contributed by atoms with E-state index in [2.05, 4.69) is 53.0 Å². The summed E-state index contributed by atoms with van der Waals surface area (Å²) in [6.07, 6.45) is 7.30. The number of amides is 1. The lowest BCUT2D eigenvalue weighted by atomic mass is 9.96. The van der Waals surface area contributed by atoms with E-state index in [0.29, 0.717) is 25.1 Å². The van der Waals surface area contributed by atoms with Crippen molar-refractivity contribution in [1.82, 2.24) is 14.6 Å². The molecule has 3 heterocycles. The van der Waals surface area contributed by atoms with Crippen LogP contribution < -0.4 is 4.72 Å². The van der Waals surface area contributed by atoms with Gasteiger partial charge in [-0.2, -0.15) is 0 Å². The molecule has 2 aliphatic rings. The van der Waals surface area contributed by atoms with Gasteiger partial charge in [-0.3, -0.25) is 14.5 Å². The molecule has 1 unspecified atom stereocenters. The fraction of sp³-hybridized carbons (Fsp3) is 0.333. The number of hydrogen-bond acceptors (Lipinski definition) is 4. The average Bonchev–Trinajstić information content (AvgIpc) is 3.41. The summed E-state index contributed by atoms with van der Waals surface area (Å²) < 4.78 is 27.5. The van der Waals surface area contributed by atoms with Crippen molar-refractivity contribution in [2.75, 3.05) is 13.1 Å². The molecule has 0 saturated carbocycles. The molecule has 7 nitrogen and oxygen atoms in total. The van der Waals surface area contributed by atoms with Crippen LogP contribution in [0.5, 0.6) is 0 Å². The van der Waals surface area contributed by atoms with Crippen LogP contribution >= 0.6 is 0 Å². The van der Waals surface area contributed by atoms with Gasteiger partial charge in [0, 0.05) is 41.3 Å². The lowest BCUT2D eigenvalue weighted by Gasteiger charge is -2.29. The van der Waals surface area contributed by atoms with Crippen molar-refractivity contribution < 1.29 is 13.2 Å². The van der Waals surface area contributed by atoms with Gasteiger partial charge in [0.2, 0.25) is 5.91 Å². The van der Waals surface area contributed by atoms with Gasteiger partial charge >= 0.3 is 0 Å². The van der Waals surface area contributed by atoms with Crippen LogP contribution in [-0.4, -0.2) is 49.2 Å². The van der Waals surface area contributed by atoms with Crippen molar-refractivity contribution in [2.24, 2.45) is 4.99 Å². The van der Waals surface area contributed by atoms with Gasteiger partial charge in [0.15, 0.2) is 0 Å². The zero-order valence-electron chi connectivity index (χ0n) is 20.0. The zero-order chi connectivity index (χ0) is 24.6. The van der Waals surface area contributed by atoms with E-state index in [9.17, 15) is 13.2 Å². The second-order valence-electron chi connectivity index (χ2n) is 9.20. The van der Waals surface area contributed by atoms with Crippen LogP contribution in [-0.2, 0) is 14.8 Å². The first-order valence-corrected chi connectivity index (χ1v) is 13.6. The standard InChI is InChI=1S/C27H30N4O3S/c1-3-4-10-23(29-26-20-9-5-6-12-24(20)35(33,34)30-26)27(32)31-15-13-19(14-16-31)21-17-28-22-11-7-8-18(2)25(21)22/h5-9,11-13,17,23,28H,3-4,10,14-16H2,1-2H3,(H,29,30). The van der Waals surface area contributed by atoms with Gasteiger partial charge in [0.25, 0.3) is 10.0 Å². The first-order valence-electron chi connectivity index (χ1n) is 12.1. The van der Waals surface area contributed by atoms with Gasteiger partial charge in [-0.1, -0.05) is 50.1 Å². The van der Waals surface area contributed by atoms with E-state index >= 15 is 0 Å². The number of unbranched alkanes of at least 4 members (excludes halogenated alkanes) is 1. The highest BCUT2D eigenvalue weighted by molar-refractivity contribution is 7.90. The Balaban J connectivity index is 1.39. The van der Waals surface area contributed by atoms with E-state index in [4.69, 9.17) is 0 Å². The van der Waals surface area contributed by atoms with Gasteiger partial charge in [0.1, 0.15) is 11.9 Å². The van der Waals surface area contributed by atoms with Crippen molar-refractivity contribution in [3.05, 3.63) is 71.4 Å². The number of H-pyrrole nitrogens is 1. The average molecular weight is 491 g/mol. The SMILES string of the molecule is CCCCC(N=C1NS(=O)(=O)c2ccccc21)C(=O)N1CC=C(c2c[nH]c3cccc(C)c23)CC1. The van der Waals surface area contributed by atoms with E-state index in [0.717, 1.165) is 24.8 Å². The Hall–Kier alpha value is -3.39. The van der Waals surface area contributed by atoms with Crippen LogP contribution in [0.4, 0.5) is 0 Å². The second-order valence-corrected chi connectivity index (χ2v) is 10.9. The number of hydrogen-bond donors (Lipinski definition) is 2. The first kappa shape index (κ1) is 23.4. The summed E-state index contributed by atoms with van der Waals surface area (Å²) in [6.45, 7) is 5.31. The number of aliphatic imine (C=N–C) groups is 1. The van der Waals surface area contributed by atoms with Crippen molar-refractivity contribution in [3.63, 3.8) is 0 Å². The molecule has 2 aromatic carbocycles. The molecule has 0 bridgehead atoms. The molecule has 2 aliphatic heterocycles. The number of sulfonamides is 1. The van der Waals surface area contributed by atoms with E-state index in [1.165, 1.54) is 22.1 Å². The smallest absolute Gasteiger partial charge is 0.263 e. The molecule has 1 amide bonds. The zero-order valence-corrected chi connectivity index (χ0v) is 20.9. The quantitative estimate of drug-likeness (QED) is 0.537. The summed E-state index contributed by atoms with van der Waals surface area (Å²) in [5.41, 5.74) is 5.31. The summed E-state index contributed by atoms with van der Waals surface area (Å²) in [7, 11) is -3.64. The monoisotopic (exact) mass is 490 g/mol. The fourth-order valence-electron chi connectivity index (χ4n) is 4.97. The third kappa shape index (κ3) is 4.38. The van der Waals surface area contributed by atoms with Crippen molar-refractivity contribution in [2.45, 2.75) is 50.5 Å². The number of nitrogens with zero attached hydrogens (tertiary/aromatic N) is 2. The van der Waals surface area contributed by atoms with Crippen molar-refractivity contribution in [1.29, 1.82) is 0 Å². The first-order chi connectivity index (χ1) is 16.9. The molecule has 8 heteroatoms. The number of rotatable bonds is 6. The summed E-state index contributed by atoms with van der Waals surface area (Å²) >= 11 is 0. The Morgan fingerprint density at radius 1 is 1.14 bits per heavy atom. The number of benzene rings is 2. The maximum atomic E-state index is 13.5. The molecule has 5 rings (SSSR count). The summed E-state index contributed by atoms with van der Waals surface area (Å²) in [5.74, 6) is 0.206. The molecule has 1 aromatic heterocycles. The summed E-state index contributed by atoms with van der Waals surface area (Å²) in [6, 6.07) is 12.4. The highest BCUT2D eigenvalue weighted by atomic mass is 32.2. The predicted molar refractivity (Wildman–Crippen MR) is 139 cm³/mol. The number of aromatic amines is 1. The fourth-order valence-corrected chi connectivity index (χ4v) is 6.21. The van der Waals surface area contributed by atoms with Crippen LogP contribution in [0.3, 0.4) is 0 Å². The predicted octanol–water partition coefficient (Wildman–Crippen LogP) is 4.39. The Morgan fingerprint density at radius 2 is 1.97 bits per heavy atom. The molecule has 0 saturated heterocycles. The minimum Gasteiger partial charge on any atom is -0.361 e. The van der Waals surface area contributed by atoms with Crippen LogP contribution in [0.2, 0.25) is 0 Å². The van der Waals surface area contributed by atoms with Crippen molar-refractivity contribution in [3.8, 4) is 0 Å².